The van der Waals surface area contributed by atoms with Gasteiger partial charge in [-0.1, -0.05) is 90.2 Å². The van der Waals surface area contributed by atoms with Crippen LogP contribution < -0.4 is 5.32 Å². The van der Waals surface area contributed by atoms with Crippen molar-refractivity contribution in [1.82, 2.24) is 4.98 Å². The summed E-state index contributed by atoms with van der Waals surface area (Å²) >= 11 is 5.18. The molecule has 0 aromatic carbocycles. The maximum Gasteiger partial charge on any atom is 0.238 e. The zero-order valence-electron chi connectivity index (χ0n) is 22.0. The average Bonchev–Trinajstić information content (AvgIpc) is 2.84. The van der Waals surface area contributed by atoms with Crippen LogP contribution in [0.4, 0.5) is 5.69 Å². The lowest BCUT2D eigenvalue weighted by atomic mass is 9.94. The molecule has 0 bridgehead atoms. The lowest BCUT2D eigenvalue weighted by Crippen LogP contribution is -2.35. The van der Waals surface area contributed by atoms with Crippen LogP contribution in [0.1, 0.15) is 96.6 Å². The van der Waals surface area contributed by atoms with E-state index in [0.29, 0.717) is 11.2 Å². The van der Waals surface area contributed by atoms with Crippen molar-refractivity contribution in [3.63, 3.8) is 0 Å². The van der Waals surface area contributed by atoms with Gasteiger partial charge in [-0.15, -0.1) is 35.3 Å². The number of aryl methyl sites for hydroxylation is 1. The third-order valence-corrected chi connectivity index (χ3v) is 9.56. The molecule has 1 amide bonds. The summed E-state index contributed by atoms with van der Waals surface area (Å²) in [6.45, 7) is 6.54. The number of unbranched alkanes of at least 4 members (excludes halogenated alkanes) is 8. The Hall–Kier alpha value is -0.590. The van der Waals surface area contributed by atoms with Gasteiger partial charge in [0.05, 0.1) is 10.9 Å². The van der Waals surface area contributed by atoms with E-state index < -0.39 is 0 Å². The van der Waals surface area contributed by atoms with Gasteiger partial charge in [0.25, 0.3) is 0 Å². The third kappa shape index (κ3) is 9.81. The van der Waals surface area contributed by atoms with Crippen molar-refractivity contribution in [3.8, 4) is 0 Å². The molecule has 34 heavy (non-hydrogen) atoms. The Bertz CT molecular complexity index is 743. The number of hydrogen-bond donors (Lipinski definition) is 1. The van der Waals surface area contributed by atoms with Crippen molar-refractivity contribution in [1.29, 1.82) is 0 Å². The number of amides is 1. The highest BCUT2D eigenvalue weighted by atomic mass is 32.2. The summed E-state index contributed by atoms with van der Waals surface area (Å²) in [4.78, 5) is 19.5. The molecule has 0 fully saturated rings. The summed E-state index contributed by atoms with van der Waals surface area (Å²) in [7, 11) is 0. The van der Waals surface area contributed by atoms with E-state index in [1.807, 2.05) is 24.9 Å². The molecule has 1 N–H and O–H groups in total. The SMILES string of the molecule is CCCCCCCC1C=CC(CCCCCCC)C(C(=O)Nc2c(SC)cc(C)nc2SC)S1. The smallest absolute Gasteiger partial charge is 0.238 e. The summed E-state index contributed by atoms with van der Waals surface area (Å²) in [6, 6.07) is 2.08. The maximum atomic E-state index is 13.7. The van der Waals surface area contributed by atoms with E-state index in [1.54, 1.807) is 23.5 Å². The molecule has 0 saturated carbocycles. The molecule has 0 aliphatic carbocycles. The van der Waals surface area contributed by atoms with Gasteiger partial charge in [0.15, 0.2) is 0 Å². The Morgan fingerprint density at radius 3 is 2.21 bits per heavy atom. The predicted molar refractivity (Wildman–Crippen MR) is 156 cm³/mol. The van der Waals surface area contributed by atoms with E-state index >= 15 is 0 Å². The van der Waals surface area contributed by atoms with Crippen LogP contribution in [0.2, 0.25) is 0 Å². The molecule has 192 valence electrons. The van der Waals surface area contributed by atoms with Crippen LogP contribution in [0.5, 0.6) is 0 Å². The van der Waals surface area contributed by atoms with E-state index in [-0.39, 0.29) is 11.2 Å². The molecule has 1 aliphatic rings. The Kier molecular flexibility index (Phi) is 14.8. The maximum absolute atomic E-state index is 13.7. The normalized spacial score (nSPS) is 20.0. The second kappa shape index (κ2) is 17.0. The van der Waals surface area contributed by atoms with E-state index in [1.165, 1.54) is 70.6 Å². The third-order valence-electron chi connectivity index (χ3n) is 6.51. The second-order valence-electron chi connectivity index (χ2n) is 9.39. The number of nitrogens with zero attached hydrogens (tertiary/aromatic N) is 1. The summed E-state index contributed by atoms with van der Waals surface area (Å²) in [5.41, 5.74) is 1.89. The topological polar surface area (TPSA) is 42.0 Å². The fraction of sp³-hybridized carbons (Fsp3) is 0.714. The number of nitrogens with one attached hydrogen (secondary N) is 1. The van der Waals surface area contributed by atoms with Crippen LogP contribution in [0.15, 0.2) is 28.1 Å². The van der Waals surface area contributed by atoms with Crippen molar-refractivity contribution < 1.29 is 4.79 Å². The molecule has 3 atom stereocenters. The number of hydrogen-bond acceptors (Lipinski definition) is 5. The van der Waals surface area contributed by atoms with E-state index in [9.17, 15) is 4.79 Å². The standard InChI is InChI=1S/C28H46N2OS3/c1-6-8-10-12-14-16-22-18-19-23(17-15-13-11-9-7-2)34-26(22)27(31)30-25-24(32-4)20-21(3)29-28(25)33-5/h18-20,22-23,26H,6-17H2,1-5H3,(H,30,31). The summed E-state index contributed by atoms with van der Waals surface area (Å²) < 4.78 is 0. The van der Waals surface area contributed by atoms with Crippen molar-refractivity contribution in [3.05, 3.63) is 23.9 Å². The molecule has 0 spiro atoms. The highest BCUT2D eigenvalue weighted by Crippen LogP contribution is 2.39. The zero-order chi connectivity index (χ0) is 24.8. The number of aromatic nitrogens is 1. The molecule has 6 heteroatoms. The van der Waals surface area contributed by atoms with Crippen LogP contribution in [0.25, 0.3) is 0 Å². The Morgan fingerprint density at radius 2 is 1.59 bits per heavy atom. The number of rotatable bonds is 16. The number of pyridine rings is 1. The number of thioether (sulfide) groups is 3. The molecular weight excluding hydrogens is 477 g/mol. The molecule has 0 saturated heterocycles. The molecule has 1 aromatic heterocycles. The predicted octanol–water partition coefficient (Wildman–Crippen LogP) is 9.15. The van der Waals surface area contributed by atoms with Crippen LogP contribution in [-0.2, 0) is 4.79 Å². The molecular formula is C28H46N2OS3. The molecule has 1 aromatic rings. The van der Waals surface area contributed by atoms with Crippen LogP contribution in [-0.4, -0.2) is 33.9 Å². The minimum atomic E-state index is -0.0254. The van der Waals surface area contributed by atoms with Gasteiger partial charge in [-0.25, -0.2) is 4.98 Å². The van der Waals surface area contributed by atoms with E-state index in [4.69, 9.17) is 0 Å². The molecule has 2 heterocycles. The fourth-order valence-electron chi connectivity index (χ4n) is 4.54. The van der Waals surface area contributed by atoms with Gasteiger partial charge in [-0.3, -0.25) is 4.79 Å². The quantitative estimate of drug-likeness (QED) is 0.133. The van der Waals surface area contributed by atoms with Gasteiger partial charge in [0.1, 0.15) is 5.03 Å². The largest absolute Gasteiger partial charge is 0.322 e. The van der Waals surface area contributed by atoms with Crippen LogP contribution in [0, 0.1) is 12.8 Å². The van der Waals surface area contributed by atoms with Gasteiger partial charge in [-0.05, 0) is 44.3 Å². The highest BCUT2D eigenvalue weighted by molar-refractivity contribution is 8.01. The van der Waals surface area contributed by atoms with Gasteiger partial charge in [-0.2, -0.15) is 0 Å². The van der Waals surface area contributed by atoms with Crippen LogP contribution in [0.3, 0.4) is 0 Å². The molecule has 0 radical (unpaired) electrons. The van der Waals surface area contributed by atoms with Crippen molar-refractivity contribution >= 4 is 46.9 Å². The Morgan fingerprint density at radius 1 is 0.941 bits per heavy atom. The lowest BCUT2D eigenvalue weighted by Gasteiger charge is -2.31. The van der Waals surface area contributed by atoms with Crippen molar-refractivity contribution in [2.45, 2.75) is 118 Å². The molecule has 3 nitrogen and oxygen atoms in total. The second-order valence-corrected chi connectivity index (χ2v) is 12.4. The first kappa shape index (κ1) is 29.6. The first-order valence-corrected chi connectivity index (χ1v) is 16.7. The summed E-state index contributed by atoms with van der Waals surface area (Å²) in [6.07, 6.45) is 24.0. The molecule has 1 aliphatic heterocycles. The van der Waals surface area contributed by atoms with Crippen molar-refractivity contribution in [2.24, 2.45) is 5.92 Å². The van der Waals surface area contributed by atoms with Gasteiger partial charge < -0.3 is 5.32 Å². The first-order valence-electron chi connectivity index (χ1n) is 13.3. The Balaban J connectivity index is 2.10. The molecule has 2 rings (SSSR count). The molecule has 3 unspecified atom stereocenters. The monoisotopic (exact) mass is 522 g/mol. The number of carbonyl (C=O) groups excluding carboxylic acids is 1. The van der Waals surface area contributed by atoms with Gasteiger partial charge in [0, 0.05) is 15.8 Å². The number of allylic oxidation sites excluding steroid dienone is 1. The van der Waals surface area contributed by atoms with Gasteiger partial charge >= 0.3 is 0 Å². The average molecular weight is 523 g/mol. The first-order chi connectivity index (χ1) is 16.5. The number of carbonyl (C=O) groups is 1. The summed E-state index contributed by atoms with van der Waals surface area (Å²) in [5, 5.41) is 4.66. The van der Waals surface area contributed by atoms with E-state index in [0.717, 1.165) is 27.7 Å². The van der Waals surface area contributed by atoms with E-state index in [2.05, 4.69) is 48.6 Å². The Labute approximate surface area is 221 Å². The van der Waals surface area contributed by atoms with Crippen molar-refractivity contribution in [2.75, 3.05) is 17.8 Å². The van der Waals surface area contributed by atoms with Crippen LogP contribution >= 0.6 is 35.3 Å². The minimum Gasteiger partial charge on any atom is -0.322 e. The number of anilines is 1. The summed E-state index contributed by atoms with van der Waals surface area (Å²) in [5.74, 6) is 0.469. The minimum absolute atomic E-state index is 0.0254. The fourth-order valence-corrected chi connectivity index (χ4v) is 7.31. The van der Waals surface area contributed by atoms with Gasteiger partial charge in [0.2, 0.25) is 5.91 Å². The zero-order valence-corrected chi connectivity index (χ0v) is 24.5. The lowest BCUT2D eigenvalue weighted by molar-refractivity contribution is -0.116. The highest BCUT2D eigenvalue weighted by Gasteiger charge is 2.33.